The smallest absolute Gasteiger partial charge is 0.354 e. The highest BCUT2D eigenvalue weighted by atomic mass is 19.4. The minimum absolute atomic E-state index is 0.0665. The Labute approximate surface area is 109 Å². The maximum atomic E-state index is 12.2. The molecule has 1 saturated heterocycles. The van der Waals surface area contributed by atoms with Crippen LogP contribution in [0.2, 0.25) is 0 Å². The van der Waals surface area contributed by atoms with Gasteiger partial charge in [-0.3, -0.25) is 9.59 Å². The van der Waals surface area contributed by atoms with Crippen LogP contribution in [0.5, 0.6) is 0 Å². The molecule has 2 amide bonds. The summed E-state index contributed by atoms with van der Waals surface area (Å²) >= 11 is 0. The number of hydrogen-bond acceptors (Lipinski definition) is 3. The summed E-state index contributed by atoms with van der Waals surface area (Å²) in [4.78, 5) is 23.0. The Kier molecular flexibility index (Phi) is 5.16. The van der Waals surface area contributed by atoms with Crippen molar-refractivity contribution in [1.82, 2.24) is 10.2 Å². The zero-order valence-electron chi connectivity index (χ0n) is 10.7. The van der Waals surface area contributed by atoms with Crippen molar-refractivity contribution < 1.29 is 22.8 Å². The van der Waals surface area contributed by atoms with Crippen molar-refractivity contribution in [3.05, 3.63) is 0 Å². The zero-order chi connectivity index (χ0) is 14.6. The fourth-order valence-electron chi connectivity index (χ4n) is 1.93. The molecule has 1 atom stereocenters. The lowest BCUT2D eigenvalue weighted by Gasteiger charge is -2.32. The van der Waals surface area contributed by atoms with Crippen LogP contribution in [0.1, 0.15) is 19.8 Å². The van der Waals surface area contributed by atoms with Gasteiger partial charge in [0.05, 0.1) is 6.04 Å². The average molecular weight is 281 g/mol. The molecule has 0 unspecified atom stereocenters. The molecule has 19 heavy (non-hydrogen) atoms. The summed E-state index contributed by atoms with van der Waals surface area (Å²) in [6, 6.07) is -0.605. The number of nitrogens with two attached hydrogens (primary N) is 1. The van der Waals surface area contributed by atoms with Crippen molar-refractivity contribution >= 4 is 11.8 Å². The van der Waals surface area contributed by atoms with Crippen LogP contribution >= 0.6 is 0 Å². The molecular weight excluding hydrogens is 263 g/mol. The van der Waals surface area contributed by atoms with Gasteiger partial charge in [0, 0.05) is 19.6 Å². The third kappa shape index (κ3) is 4.70. The molecule has 0 spiro atoms. The second-order valence-electron chi connectivity index (χ2n) is 4.77. The van der Waals surface area contributed by atoms with Gasteiger partial charge in [0.1, 0.15) is 0 Å². The Balaban J connectivity index is 2.33. The fourth-order valence-corrected chi connectivity index (χ4v) is 1.93. The third-order valence-electron chi connectivity index (χ3n) is 3.12. The molecule has 1 fully saturated rings. The van der Waals surface area contributed by atoms with Gasteiger partial charge in [0.2, 0.25) is 5.91 Å². The van der Waals surface area contributed by atoms with Crippen LogP contribution in [0.4, 0.5) is 13.2 Å². The molecule has 1 rings (SSSR count). The summed E-state index contributed by atoms with van der Waals surface area (Å²) < 4.78 is 36.6. The zero-order valence-corrected chi connectivity index (χ0v) is 10.7. The van der Waals surface area contributed by atoms with Gasteiger partial charge >= 0.3 is 12.1 Å². The number of piperidine rings is 1. The van der Waals surface area contributed by atoms with Gasteiger partial charge in [0.25, 0.3) is 0 Å². The maximum absolute atomic E-state index is 12.2. The molecule has 0 bridgehead atoms. The molecule has 0 aliphatic carbocycles. The van der Waals surface area contributed by atoms with E-state index in [-0.39, 0.29) is 24.9 Å². The minimum Gasteiger partial charge on any atom is -0.354 e. The Hall–Kier alpha value is -1.31. The number of carbonyl (C=O) groups is 2. The lowest BCUT2D eigenvalue weighted by molar-refractivity contribution is -0.186. The van der Waals surface area contributed by atoms with Crippen LogP contribution in [0.25, 0.3) is 0 Å². The van der Waals surface area contributed by atoms with Gasteiger partial charge < -0.3 is 16.0 Å². The van der Waals surface area contributed by atoms with E-state index in [1.54, 1.807) is 6.92 Å². The molecule has 8 heteroatoms. The first-order valence-electron chi connectivity index (χ1n) is 6.11. The van der Waals surface area contributed by atoms with Crippen LogP contribution in [-0.4, -0.2) is 48.6 Å². The van der Waals surface area contributed by atoms with E-state index in [2.05, 4.69) is 5.32 Å². The van der Waals surface area contributed by atoms with E-state index in [1.165, 1.54) is 0 Å². The lowest BCUT2D eigenvalue weighted by Crippen LogP contribution is -2.47. The fraction of sp³-hybridized carbons (Fsp3) is 0.818. The van der Waals surface area contributed by atoms with Gasteiger partial charge in [-0.2, -0.15) is 13.2 Å². The predicted molar refractivity (Wildman–Crippen MR) is 62.0 cm³/mol. The van der Waals surface area contributed by atoms with E-state index in [9.17, 15) is 22.8 Å². The number of nitrogens with one attached hydrogen (secondary N) is 1. The van der Waals surface area contributed by atoms with Gasteiger partial charge in [-0.25, -0.2) is 0 Å². The first kappa shape index (κ1) is 15.7. The largest absolute Gasteiger partial charge is 0.471 e. The van der Waals surface area contributed by atoms with Crippen molar-refractivity contribution in [2.45, 2.75) is 32.0 Å². The first-order chi connectivity index (χ1) is 8.71. The van der Waals surface area contributed by atoms with Crippen LogP contribution in [0, 0.1) is 5.92 Å². The molecule has 3 N–H and O–H groups in total. The number of alkyl halides is 3. The number of amides is 2. The number of likely N-dealkylation sites (tertiary alicyclic amines) is 1. The molecule has 110 valence electrons. The monoisotopic (exact) mass is 281 g/mol. The molecular formula is C11H18F3N3O2. The van der Waals surface area contributed by atoms with E-state index < -0.39 is 18.1 Å². The van der Waals surface area contributed by atoms with Gasteiger partial charge in [-0.05, 0) is 25.7 Å². The second kappa shape index (κ2) is 6.23. The summed E-state index contributed by atoms with van der Waals surface area (Å²) in [5, 5.41) is 2.64. The lowest BCUT2D eigenvalue weighted by atomic mass is 9.96. The quantitative estimate of drug-likeness (QED) is 0.778. The summed E-state index contributed by atoms with van der Waals surface area (Å²) in [6.07, 6.45) is -3.92. The summed E-state index contributed by atoms with van der Waals surface area (Å²) in [5.74, 6) is -1.99. The summed E-state index contributed by atoms with van der Waals surface area (Å²) in [6.45, 7) is 2.07. The Morgan fingerprint density at radius 3 is 2.32 bits per heavy atom. The van der Waals surface area contributed by atoms with Crippen LogP contribution in [-0.2, 0) is 9.59 Å². The van der Waals surface area contributed by atoms with Gasteiger partial charge in [0.15, 0.2) is 0 Å². The number of hydrogen-bond donors (Lipinski definition) is 2. The van der Waals surface area contributed by atoms with Crippen molar-refractivity contribution in [3.63, 3.8) is 0 Å². The molecule has 1 heterocycles. The number of carbonyl (C=O) groups excluding carboxylic acids is 2. The van der Waals surface area contributed by atoms with Gasteiger partial charge in [-0.1, -0.05) is 0 Å². The number of rotatable bonds is 3. The predicted octanol–water partition coefficient (Wildman–Crippen LogP) is 0.251. The van der Waals surface area contributed by atoms with E-state index in [1.807, 2.05) is 0 Å². The van der Waals surface area contributed by atoms with Crippen molar-refractivity contribution in [2.24, 2.45) is 11.7 Å². The van der Waals surface area contributed by atoms with Crippen LogP contribution in [0.15, 0.2) is 0 Å². The summed E-state index contributed by atoms with van der Waals surface area (Å²) in [5.41, 5.74) is 5.37. The highest BCUT2D eigenvalue weighted by Crippen LogP contribution is 2.23. The Morgan fingerprint density at radius 1 is 1.37 bits per heavy atom. The number of halogens is 3. The van der Waals surface area contributed by atoms with Crippen molar-refractivity contribution in [3.8, 4) is 0 Å². The second-order valence-corrected chi connectivity index (χ2v) is 4.77. The average Bonchev–Trinajstić information content (AvgIpc) is 2.34. The van der Waals surface area contributed by atoms with E-state index >= 15 is 0 Å². The number of nitrogens with zero attached hydrogens (tertiary/aromatic N) is 1. The SMILES string of the molecule is C[C@@H](N)C(=O)NCC1CCN(C(=O)C(F)(F)F)CC1. The molecule has 0 radical (unpaired) electrons. The van der Waals surface area contributed by atoms with Crippen molar-refractivity contribution in [1.29, 1.82) is 0 Å². The van der Waals surface area contributed by atoms with E-state index in [0.717, 1.165) is 4.90 Å². The summed E-state index contributed by atoms with van der Waals surface area (Å²) in [7, 11) is 0. The maximum Gasteiger partial charge on any atom is 0.471 e. The molecule has 1 aliphatic heterocycles. The molecule has 0 aromatic rings. The van der Waals surface area contributed by atoms with E-state index in [4.69, 9.17) is 5.73 Å². The van der Waals surface area contributed by atoms with Crippen LogP contribution < -0.4 is 11.1 Å². The molecule has 0 aromatic carbocycles. The molecule has 0 aromatic heterocycles. The highest BCUT2D eigenvalue weighted by molar-refractivity contribution is 5.82. The Bertz CT molecular complexity index is 337. The van der Waals surface area contributed by atoms with Gasteiger partial charge in [-0.15, -0.1) is 0 Å². The standard InChI is InChI=1S/C11H18F3N3O2/c1-7(15)9(18)16-6-8-2-4-17(5-3-8)10(19)11(12,13)14/h7-8H,2-6,15H2,1H3,(H,16,18)/t7-/m1/s1. The minimum atomic E-state index is -4.81. The highest BCUT2D eigenvalue weighted by Gasteiger charge is 2.43. The van der Waals surface area contributed by atoms with Crippen LogP contribution in [0.3, 0.4) is 0 Å². The Morgan fingerprint density at radius 2 is 1.89 bits per heavy atom. The van der Waals surface area contributed by atoms with E-state index in [0.29, 0.717) is 19.4 Å². The topological polar surface area (TPSA) is 75.4 Å². The molecule has 5 nitrogen and oxygen atoms in total. The molecule has 0 saturated carbocycles. The normalized spacial score (nSPS) is 19.1. The van der Waals surface area contributed by atoms with Crippen molar-refractivity contribution in [2.75, 3.05) is 19.6 Å². The molecule has 1 aliphatic rings. The third-order valence-corrected chi connectivity index (χ3v) is 3.12. The first-order valence-corrected chi connectivity index (χ1v) is 6.11.